The van der Waals surface area contributed by atoms with Crippen LogP contribution in [0.15, 0.2) is 30.6 Å². The van der Waals surface area contributed by atoms with E-state index in [1.54, 1.807) is 18.5 Å². The molecule has 0 aliphatic carbocycles. The van der Waals surface area contributed by atoms with E-state index in [0.29, 0.717) is 18.8 Å². The van der Waals surface area contributed by atoms with E-state index >= 15 is 0 Å². The zero-order valence-electron chi connectivity index (χ0n) is 13.8. The van der Waals surface area contributed by atoms with Crippen molar-refractivity contribution in [3.05, 3.63) is 42.0 Å². The minimum Gasteiger partial charge on any atom is -0.492 e. The number of nitrogens with zero attached hydrogens (tertiary/aromatic N) is 5. The van der Waals surface area contributed by atoms with Crippen molar-refractivity contribution in [1.29, 1.82) is 5.26 Å². The first-order chi connectivity index (χ1) is 11.8. The van der Waals surface area contributed by atoms with Gasteiger partial charge in [-0.25, -0.2) is 0 Å². The predicted octanol–water partition coefficient (Wildman–Crippen LogP) is 1.62. The summed E-state index contributed by atoms with van der Waals surface area (Å²) < 4.78 is 13.6. The van der Waals surface area contributed by atoms with E-state index in [1.807, 2.05) is 16.7 Å². The number of benzene rings is 1. The minimum absolute atomic E-state index is 0.0527. The van der Waals surface area contributed by atoms with Crippen molar-refractivity contribution >= 4 is 0 Å². The molecule has 1 aromatic carbocycles. The average Bonchev–Trinajstić information content (AvgIpc) is 3.11. The fourth-order valence-electron chi connectivity index (χ4n) is 2.77. The van der Waals surface area contributed by atoms with Crippen LogP contribution in [0.1, 0.15) is 24.4 Å². The molecular weight excluding hydrogens is 306 g/mol. The highest BCUT2D eigenvalue weighted by Gasteiger charge is 2.25. The fraction of sp³-hybridized carbons (Fsp3) is 0.471. The van der Waals surface area contributed by atoms with Crippen molar-refractivity contribution in [2.75, 3.05) is 32.8 Å². The molecule has 7 heteroatoms. The second-order valence-corrected chi connectivity index (χ2v) is 5.62. The maximum Gasteiger partial charge on any atom is 0.163 e. The molecule has 1 unspecified atom stereocenters. The van der Waals surface area contributed by atoms with Crippen LogP contribution in [0.25, 0.3) is 0 Å². The summed E-state index contributed by atoms with van der Waals surface area (Å²) in [6, 6.07) is 9.34. The quantitative estimate of drug-likeness (QED) is 0.802. The largest absolute Gasteiger partial charge is 0.492 e. The number of ether oxygens (including phenoxy) is 2. The van der Waals surface area contributed by atoms with Gasteiger partial charge in [0, 0.05) is 26.2 Å². The van der Waals surface area contributed by atoms with Crippen LogP contribution in [0.5, 0.6) is 5.75 Å². The number of hydrogen-bond acceptors (Lipinski definition) is 6. The lowest BCUT2D eigenvalue weighted by Crippen LogP contribution is -2.41. The molecule has 1 aliphatic heterocycles. The van der Waals surface area contributed by atoms with Gasteiger partial charge < -0.3 is 14.0 Å². The summed E-state index contributed by atoms with van der Waals surface area (Å²) in [5.74, 6) is 1.61. The van der Waals surface area contributed by atoms with E-state index in [4.69, 9.17) is 14.7 Å². The van der Waals surface area contributed by atoms with Crippen LogP contribution < -0.4 is 4.74 Å². The van der Waals surface area contributed by atoms with Gasteiger partial charge in [-0.15, -0.1) is 10.2 Å². The lowest BCUT2D eigenvalue weighted by atomic mass is 10.2. The highest BCUT2D eigenvalue weighted by atomic mass is 16.5. The molecule has 2 heterocycles. The molecule has 3 rings (SSSR count). The summed E-state index contributed by atoms with van der Waals surface area (Å²) in [6.07, 6.45) is 1.69. The van der Waals surface area contributed by atoms with Gasteiger partial charge in [0.25, 0.3) is 0 Å². The summed E-state index contributed by atoms with van der Waals surface area (Å²) in [5, 5.41) is 17.1. The third-order valence-electron chi connectivity index (χ3n) is 4.06. The van der Waals surface area contributed by atoms with Crippen molar-refractivity contribution in [2.45, 2.75) is 19.6 Å². The first-order valence-corrected chi connectivity index (χ1v) is 8.14. The number of morpholine rings is 1. The summed E-state index contributed by atoms with van der Waals surface area (Å²) >= 11 is 0. The van der Waals surface area contributed by atoms with Gasteiger partial charge in [0.1, 0.15) is 24.8 Å². The molecule has 1 fully saturated rings. The molecule has 7 nitrogen and oxygen atoms in total. The fourth-order valence-corrected chi connectivity index (χ4v) is 2.77. The molecule has 0 spiro atoms. The number of aryl methyl sites for hydroxylation is 1. The Morgan fingerprint density at radius 2 is 2.38 bits per heavy atom. The van der Waals surface area contributed by atoms with E-state index in [1.165, 1.54) is 0 Å². The first kappa shape index (κ1) is 16.4. The molecule has 0 saturated carbocycles. The van der Waals surface area contributed by atoms with Crippen molar-refractivity contribution in [3.8, 4) is 11.8 Å². The van der Waals surface area contributed by atoms with Crippen LogP contribution in [0.2, 0.25) is 0 Å². The second kappa shape index (κ2) is 7.90. The minimum atomic E-state index is -0.0527. The lowest BCUT2D eigenvalue weighted by molar-refractivity contribution is -0.0387. The Kier molecular flexibility index (Phi) is 5.41. The Morgan fingerprint density at radius 1 is 1.46 bits per heavy atom. The van der Waals surface area contributed by atoms with Crippen LogP contribution in [0.4, 0.5) is 0 Å². The molecule has 2 aromatic rings. The molecule has 0 radical (unpaired) electrons. The summed E-state index contributed by atoms with van der Waals surface area (Å²) in [7, 11) is 0. The van der Waals surface area contributed by atoms with Gasteiger partial charge in [-0.2, -0.15) is 5.26 Å². The molecule has 1 aliphatic rings. The Balaban J connectivity index is 1.51. The first-order valence-electron chi connectivity index (χ1n) is 8.14. The Hall–Kier alpha value is -2.43. The van der Waals surface area contributed by atoms with E-state index < -0.39 is 0 Å². The van der Waals surface area contributed by atoms with Crippen molar-refractivity contribution in [2.24, 2.45) is 0 Å². The van der Waals surface area contributed by atoms with Crippen LogP contribution in [-0.4, -0.2) is 52.5 Å². The number of nitriles is 1. The molecule has 1 atom stereocenters. The third kappa shape index (κ3) is 3.91. The van der Waals surface area contributed by atoms with Gasteiger partial charge in [-0.3, -0.25) is 4.90 Å². The van der Waals surface area contributed by atoms with Crippen molar-refractivity contribution < 1.29 is 9.47 Å². The molecule has 1 aromatic heterocycles. The topological polar surface area (TPSA) is 76.2 Å². The average molecular weight is 327 g/mol. The second-order valence-electron chi connectivity index (χ2n) is 5.62. The summed E-state index contributed by atoms with van der Waals surface area (Å²) in [5.41, 5.74) is 0.609. The molecule has 0 N–H and O–H groups in total. The third-order valence-corrected chi connectivity index (χ3v) is 4.06. The highest BCUT2D eigenvalue weighted by Crippen LogP contribution is 2.20. The van der Waals surface area contributed by atoms with E-state index in [-0.39, 0.29) is 6.10 Å². The van der Waals surface area contributed by atoms with Gasteiger partial charge in [-0.1, -0.05) is 6.07 Å². The van der Waals surface area contributed by atoms with Crippen molar-refractivity contribution in [3.63, 3.8) is 0 Å². The number of aromatic nitrogens is 3. The molecular formula is C17H21N5O2. The van der Waals surface area contributed by atoms with Crippen LogP contribution >= 0.6 is 0 Å². The van der Waals surface area contributed by atoms with Crippen LogP contribution in [0.3, 0.4) is 0 Å². The molecule has 0 amide bonds. The van der Waals surface area contributed by atoms with Gasteiger partial charge in [0.15, 0.2) is 5.82 Å². The molecule has 126 valence electrons. The van der Waals surface area contributed by atoms with Crippen LogP contribution in [0, 0.1) is 11.3 Å². The Labute approximate surface area is 141 Å². The highest BCUT2D eigenvalue weighted by molar-refractivity contribution is 5.36. The van der Waals surface area contributed by atoms with Gasteiger partial charge in [-0.05, 0) is 25.1 Å². The van der Waals surface area contributed by atoms with Gasteiger partial charge in [0.2, 0.25) is 0 Å². The zero-order chi connectivity index (χ0) is 16.8. The standard InChI is InChI=1S/C17H21N5O2/c1-2-22-13-19-20-17(22)16-12-21(7-9-24-16)6-8-23-15-5-3-4-14(10-15)11-18/h3-5,10,13,16H,2,6-9,12H2,1H3. The van der Waals surface area contributed by atoms with E-state index in [0.717, 1.165) is 37.8 Å². The summed E-state index contributed by atoms with van der Waals surface area (Å²) in [4.78, 5) is 2.30. The monoisotopic (exact) mass is 327 g/mol. The predicted molar refractivity (Wildman–Crippen MR) is 87.5 cm³/mol. The van der Waals surface area contributed by atoms with Crippen molar-refractivity contribution in [1.82, 2.24) is 19.7 Å². The number of hydrogen-bond donors (Lipinski definition) is 0. The van der Waals surface area contributed by atoms with Gasteiger partial charge in [0.05, 0.1) is 18.2 Å². The molecule has 1 saturated heterocycles. The SMILES string of the molecule is CCn1cnnc1C1CN(CCOc2cccc(C#N)c2)CCO1. The zero-order valence-corrected chi connectivity index (χ0v) is 13.8. The normalized spacial score (nSPS) is 18.2. The van der Waals surface area contributed by atoms with Crippen LogP contribution in [-0.2, 0) is 11.3 Å². The van der Waals surface area contributed by atoms with E-state index in [9.17, 15) is 0 Å². The summed E-state index contributed by atoms with van der Waals surface area (Å²) in [6.45, 7) is 6.60. The smallest absolute Gasteiger partial charge is 0.163 e. The van der Waals surface area contributed by atoms with Gasteiger partial charge >= 0.3 is 0 Å². The Morgan fingerprint density at radius 3 is 3.21 bits per heavy atom. The molecule has 0 bridgehead atoms. The van der Waals surface area contributed by atoms with E-state index in [2.05, 4.69) is 28.1 Å². The maximum atomic E-state index is 8.91. The maximum absolute atomic E-state index is 8.91. The number of rotatable bonds is 6. The lowest BCUT2D eigenvalue weighted by Gasteiger charge is -2.32. The molecule has 24 heavy (non-hydrogen) atoms. The Bertz CT molecular complexity index is 709.